The maximum absolute atomic E-state index is 9.40. The van der Waals surface area contributed by atoms with Crippen LogP contribution in [0.4, 0.5) is 0 Å². The fourth-order valence-electron chi connectivity index (χ4n) is 5.07. The van der Waals surface area contributed by atoms with E-state index in [2.05, 4.69) is 117 Å². The molecular weight excluding hydrogens is 501 g/mol. The van der Waals surface area contributed by atoms with E-state index >= 15 is 0 Å². The van der Waals surface area contributed by atoms with Gasteiger partial charge in [-0.1, -0.05) is 97.0 Å². The van der Waals surface area contributed by atoms with Crippen LogP contribution in [-0.2, 0) is 21.7 Å². The van der Waals surface area contributed by atoms with Gasteiger partial charge >= 0.3 is 0 Å². The van der Waals surface area contributed by atoms with Crippen LogP contribution in [0.15, 0.2) is 48.5 Å². The summed E-state index contributed by atoms with van der Waals surface area (Å²) in [6.07, 6.45) is 4.85. The van der Waals surface area contributed by atoms with Crippen LogP contribution in [0.2, 0.25) is 26.2 Å². The highest BCUT2D eigenvalue weighted by molar-refractivity contribution is 6.48. The molecular formula is C33H54O3Si2. The summed E-state index contributed by atoms with van der Waals surface area (Å²) in [5.74, 6) is 0. The number of allylic oxidation sites excluding steroid dienone is 1. The fraction of sp³-hybridized carbons (Fsp3) is 0.576. The Labute approximate surface area is 237 Å². The molecule has 0 amide bonds. The molecule has 0 radical (unpaired) electrons. The van der Waals surface area contributed by atoms with E-state index in [0.29, 0.717) is 0 Å². The van der Waals surface area contributed by atoms with Gasteiger partial charge in [0.25, 0.3) is 0 Å². The van der Waals surface area contributed by atoms with Crippen molar-refractivity contribution in [1.29, 1.82) is 0 Å². The summed E-state index contributed by atoms with van der Waals surface area (Å²) in [7, 11) is -2.54. The molecule has 0 aliphatic carbocycles. The van der Waals surface area contributed by atoms with Crippen molar-refractivity contribution in [2.45, 2.75) is 106 Å². The molecule has 1 N–H and O–H groups in total. The normalized spacial score (nSPS) is 14.8. The molecule has 0 aromatic heterocycles. The molecule has 212 valence electrons. The quantitative estimate of drug-likeness (QED) is 0.268. The number of rotatable bonds is 12. The minimum absolute atomic E-state index is 0.00918. The summed E-state index contributed by atoms with van der Waals surface area (Å²) >= 11 is 0. The van der Waals surface area contributed by atoms with Crippen molar-refractivity contribution in [2.24, 2.45) is 10.8 Å². The zero-order valence-corrected chi connectivity index (χ0v) is 28.3. The van der Waals surface area contributed by atoms with E-state index in [1.54, 1.807) is 0 Å². The second kappa shape index (κ2) is 14.2. The van der Waals surface area contributed by atoms with Crippen molar-refractivity contribution < 1.29 is 14.0 Å². The van der Waals surface area contributed by atoms with Crippen LogP contribution in [0.5, 0.6) is 0 Å². The smallest absolute Gasteiger partial charge is 0.171 e. The Balaban J connectivity index is 2.52. The highest BCUT2D eigenvalue weighted by Crippen LogP contribution is 2.45. The second-order valence-corrected chi connectivity index (χ2v) is 18.0. The van der Waals surface area contributed by atoms with Crippen LogP contribution in [-0.4, -0.2) is 29.8 Å². The van der Waals surface area contributed by atoms with Crippen LogP contribution in [0, 0.1) is 10.8 Å². The van der Waals surface area contributed by atoms with Crippen LogP contribution < -0.4 is 0 Å². The zero-order valence-electron chi connectivity index (χ0n) is 26.0. The number of aliphatic hydroxyl groups is 1. The van der Waals surface area contributed by atoms with Gasteiger partial charge in [-0.15, -0.1) is 0 Å². The van der Waals surface area contributed by atoms with Gasteiger partial charge in [-0.25, -0.2) is 0 Å². The minimum Gasteiger partial charge on any atom is -0.413 e. The van der Waals surface area contributed by atoms with Crippen molar-refractivity contribution in [2.75, 3.05) is 6.61 Å². The lowest BCUT2D eigenvalue weighted by Crippen LogP contribution is -2.31. The Morgan fingerprint density at radius 1 is 0.789 bits per heavy atom. The third kappa shape index (κ3) is 9.60. The summed E-state index contributed by atoms with van der Waals surface area (Å²) in [4.78, 5) is 0. The molecule has 2 rings (SSSR count). The van der Waals surface area contributed by atoms with E-state index in [9.17, 15) is 5.11 Å². The molecule has 5 heteroatoms. The van der Waals surface area contributed by atoms with Crippen LogP contribution in [0.1, 0.15) is 94.9 Å². The van der Waals surface area contributed by atoms with Crippen molar-refractivity contribution in [3.05, 3.63) is 76.4 Å². The van der Waals surface area contributed by atoms with E-state index in [-0.39, 0.29) is 29.6 Å². The molecule has 0 aliphatic rings. The van der Waals surface area contributed by atoms with Gasteiger partial charge in [0, 0.05) is 0 Å². The van der Waals surface area contributed by atoms with Crippen molar-refractivity contribution in [3.8, 4) is 0 Å². The summed E-state index contributed by atoms with van der Waals surface area (Å²) in [6, 6.07) is 15.8. The Hall–Kier alpha value is -1.51. The first-order valence-electron chi connectivity index (χ1n) is 14.5. The number of hydrogen-bond acceptors (Lipinski definition) is 3. The van der Waals surface area contributed by atoms with E-state index in [1.165, 1.54) is 33.4 Å². The standard InChI is InChI=1S/C33H54O3Si2/c1-12-26(20-21-34)27-15-13-14-24(22-27)16-17-25-18-19-28(30(32(2,3)4)35-37(8)9)29(23-25)31(33(5,6)7)36-38(10)11/h13-15,18-20,22-23,30-31,34,37-38H,12,16-17,21H2,1-11H3. The monoisotopic (exact) mass is 554 g/mol. The van der Waals surface area contributed by atoms with Gasteiger partial charge in [-0.2, -0.15) is 0 Å². The number of aryl methyl sites for hydroxylation is 2. The largest absolute Gasteiger partial charge is 0.413 e. The highest BCUT2D eigenvalue weighted by Gasteiger charge is 2.35. The number of benzene rings is 2. The molecule has 0 bridgehead atoms. The molecule has 2 atom stereocenters. The molecule has 38 heavy (non-hydrogen) atoms. The third-order valence-electron chi connectivity index (χ3n) is 6.82. The van der Waals surface area contributed by atoms with E-state index in [4.69, 9.17) is 8.85 Å². The lowest BCUT2D eigenvalue weighted by atomic mass is 9.77. The molecule has 2 aromatic rings. The maximum atomic E-state index is 9.40. The topological polar surface area (TPSA) is 38.7 Å². The molecule has 0 spiro atoms. The predicted molar refractivity (Wildman–Crippen MR) is 170 cm³/mol. The maximum Gasteiger partial charge on any atom is 0.171 e. The zero-order chi connectivity index (χ0) is 28.7. The van der Waals surface area contributed by atoms with Crippen LogP contribution in [0.25, 0.3) is 5.57 Å². The van der Waals surface area contributed by atoms with Gasteiger partial charge in [0.15, 0.2) is 18.1 Å². The van der Waals surface area contributed by atoms with Gasteiger partial charge in [0.2, 0.25) is 0 Å². The van der Waals surface area contributed by atoms with Crippen molar-refractivity contribution in [1.82, 2.24) is 0 Å². The van der Waals surface area contributed by atoms with Gasteiger partial charge in [-0.05, 0) is 89.7 Å². The Bertz CT molecular complexity index is 1040. The fourth-order valence-corrected chi connectivity index (χ4v) is 7.27. The lowest BCUT2D eigenvalue weighted by Gasteiger charge is -2.39. The molecule has 2 aromatic carbocycles. The van der Waals surface area contributed by atoms with E-state index < -0.39 is 18.1 Å². The molecule has 0 heterocycles. The first kappa shape index (κ1) is 32.7. The van der Waals surface area contributed by atoms with Crippen molar-refractivity contribution in [3.63, 3.8) is 0 Å². The summed E-state index contributed by atoms with van der Waals surface area (Å²) in [5, 5.41) is 9.40. The molecule has 3 nitrogen and oxygen atoms in total. The Morgan fingerprint density at radius 3 is 1.79 bits per heavy atom. The molecule has 0 aliphatic heterocycles. The SMILES string of the molecule is CCC(=CCO)c1cccc(CCc2ccc(C(O[SiH](C)C)C(C)(C)C)c(C(O[SiH](C)C)C(C)(C)C)c2)c1. The first-order valence-corrected chi connectivity index (χ1v) is 20.1. The molecule has 0 saturated heterocycles. The molecule has 2 unspecified atom stereocenters. The lowest BCUT2D eigenvalue weighted by molar-refractivity contribution is 0.0655. The Kier molecular flexibility index (Phi) is 12.2. The highest BCUT2D eigenvalue weighted by atomic mass is 28.3. The first-order chi connectivity index (χ1) is 17.7. The number of aliphatic hydroxyl groups excluding tert-OH is 1. The van der Waals surface area contributed by atoms with Crippen LogP contribution >= 0.6 is 0 Å². The summed E-state index contributed by atoms with van der Waals surface area (Å²) in [6.45, 7) is 25.0. The van der Waals surface area contributed by atoms with Crippen molar-refractivity contribution >= 4 is 23.7 Å². The number of hydrogen-bond donors (Lipinski definition) is 1. The average molecular weight is 555 g/mol. The van der Waals surface area contributed by atoms with Crippen LogP contribution in [0.3, 0.4) is 0 Å². The second-order valence-electron chi connectivity index (χ2n) is 13.3. The van der Waals surface area contributed by atoms with E-state index in [1.807, 2.05) is 6.08 Å². The summed E-state index contributed by atoms with van der Waals surface area (Å²) in [5.41, 5.74) is 7.64. The molecule has 0 fully saturated rings. The predicted octanol–water partition coefficient (Wildman–Crippen LogP) is 8.43. The van der Waals surface area contributed by atoms with Gasteiger partial charge in [0.05, 0.1) is 18.8 Å². The average Bonchev–Trinajstić information content (AvgIpc) is 2.81. The summed E-state index contributed by atoms with van der Waals surface area (Å²) < 4.78 is 13.5. The van der Waals surface area contributed by atoms with E-state index in [0.717, 1.165) is 19.3 Å². The third-order valence-corrected chi connectivity index (χ3v) is 8.46. The Morgan fingerprint density at radius 2 is 1.32 bits per heavy atom. The van der Waals surface area contributed by atoms with Gasteiger partial charge in [-0.3, -0.25) is 0 Å². The minimum atomic E-state index is -1.28. The molecule has 0 saturated carbocycles. The van der Waals surface area contributed by atoms with Gasteiger partial charge in [0.1, 0.15) is 0 Å². The van der Waals surface area contributed by atoms with Gasteiger partial charge < -0.3 is 14.0 Å².